The standard InChI is InChI=1S/C20H23IN2O4/c1-4-26-16-8-6-14(7-9-16)12-19(24)23-22-13-15-10-17(21)20(25-3)18(11-15)27-5-2/h6-11,13H,4-5,12H2,1-3H3,(H,23,24)/b22-13+. The number of nitrogens with zero attached hydrogens (tertiary/aromatic N) is 1. The van der Waals surface area contributed by atoms with Gasteiger partial charge in [-0.3, -0.25) is 4.79 Å². The molecule has 0 bridgehead atoms. The van der Waals surface area contributed by atoms with E-state index in [1.54, 1.807) is 13.3 Å². The molecule has 27 heavy (non-hydrogen) atoms. The summed E-state index contributed by atoms with van der Waals surface area (Å²) in [5, 5.41) is 4.03. The quantitative estimate of drug-likeness (QED) is 0.336. The Morgan fingerprint density at radius 2 is 1.85 bits per heavy atom. The zero-order chi connectivity index (χ0) is 19.6. The Labute approximate surface area is 173 Å². The maximum absolute atomic E-state index is 12.0. The van der Waals surface area contributed by atoms with Crippen molar-refractivity contribution >= 4 is 34.7 Å². The third-order valence-corrected chi connectivity index (χ3v) is 4.34. The van der Waals surface area contributed by atoms with Crippen molar-refractivity contribution in [3.63, 3.8) is 0 Å². The molecule has 0 heterocycles. The minimum atomic E-state index is -0.191. The second-order valence-electron chi connectivity index (χ2n) is 5.51. The van der Waals surface area contributed by atoms with Gasteiger partial charge >= 0.3 is 0 Å². The van der Waals surface area contributed by atoms with Gasteiger partial charge in [-0.15, -0.1) is 0 Å². The molecular formula is C20H23IN2O4. The van der Waals surface area contributed by atoms with E-state index < -0.39 is 0 Å². The molecule has 0 aliphatic heterocycles. The van der Waals surface area contributed by atoms with E-state index in [1.165, 1.54) is 0 Å². The number of benzene rings is 2. The predicted octanol–water partition coefficient (Wildman–Crippen LogP) is 3.79. The van der Waals surface area contributed by atoms with Gasteiger partial charge in [-0.05, 0) is 71.8 Å². The molecule has 2 rings (SSSR count). The highest BCUT2D eigenvalue weighted by molar-refractivity contribution is 14.1. The molecule has 7 heteroatoms. The summed E-state index contributed by atoms with van der Waals surface area (Å²) in [7, 11) is 1.61. The first-order valence-corrected chi connectivity index (χ1v) is 9.69. The largest absolute Gasteiger partial charge is 0.494 e. The number of ether oxygens (including phenoxy) is 3. The van der Waals surface area contributed by atoms with Crippen molar-refractivity contribution in [2.24, 2.45) is 5.10 Å². The highest BCUT2D eigenvalue weighted by atomic mass is 127. The molecule has 0 saturated carbocycles. The van der Waals surface area contributed by atoms with E-state index in [9.17, 15) is 4.79 Å². The van der Waals surface area contributed by atoms with E-state index >= 15 is 0 Å². The van der Waals surface area contributed by atoms with Gasteiger partial charge in [-0.1, -0.05) is 12.1 Å². The number of methoxy groups -OCH3 is 1. The number of amides is 1. The lowest BCUT2D eigenvalue weighted by Gasteiger charge is -2.11. The first-order valence-electron chi connectivity index (χ1n) is 8.61. The second kappa shape index (κ2) is 10.8. The van der Waals surface area contributed by atoms with Crippen LogP contribution in [0.5, 0.6) is 17.2 Å². The molecule has 0 radical (unpaired) electrons. The van der Waals surface area contributed by atoms with E-state index in [1.807, 2.05) is 50.2 Å². The Kier molecular flexibility index (Phi) is 8.38. The molecule has 0 atom stereocenters. The van der Waals surface area contributed by atoms with Gasteiger partial charge in [0.05, 0.1) is 36.5 Å². The third kappa shape index (κ3) is 6.42. The summed E-state index contributed by atoms with van der Waals surface area (Å²) < 4.78 is 17.2. The molecule has 1 N–H and O–H groups in total. The number of nitrogens with one attached hydrogen (secondary N) is 1. The van der Waals surface area contributed by atoms with E-state index in [-0.39, 0.29) is 12.3 Å². The summed E-state index contributed by atoms with van der Waals surface area (Å²) in [5.74, 6) is 1.94. The van der Waals surface area contributed by atoms with Crippen molar-refractivity contribution in [1.82, 2.24) is 5.43 Å². The number of halogens is 1. The van der Waals surface area contributed by atoms with E-state index in [2.05, 4.69) is 33.1 Å². The third-order valence-electron chi connectivity index (χ3n) is 3.54. The molecule has 0 saturated heterocycles. The smallest absolute Gasteiger partial charge is 0.244 e. The number of hydrazone groups is 1. The molecular weight excluding hydrogens is 459 g/mol. The van der Waals surface area contributed by atoms with Crippen LogP contribution in [0.2, 0.25) is 0 Å². The van der Waals surface area contributed by atoms with E-state index in [4.69, 9.17) is 14.2 Å². The number of carbonyl (C=O) groups excluding carboxylic acids is 1. The Morgan fingerprint density at radius 1 is 1.15 bits per heavy atom. The fraction of sp³-hybridized carbons (Fsp3) is 0.300. The summed E-state index contributed by atoms with van der Waals surface area (Å²) in [4.78, 5) is 12.0. The van der Waals surface area contributed by atoms with Crippen LogP contribution >= 0.6 is 22.6 Å². The number of carbonyl (C=O) groups is 1. The average Bonchev–Trinajstić information content (AvgIpc) is 2.64. The van der Waals surface area contributed by atoms with E-state index in [0.29, 0.717) is 24.7 Å². The number of rotatable bonds is 9. The fourth-order valence-corrected chi connectivity index (χ4v) is 3.24. The summed E-state index contributed by atoms with van der Waals surface area (Å²) in [6.45, 7) is 4.99. The van der Waals surface area contributed by atoms with Gasteiger partial charge < -0.3 is 14.2 Å². The summed E-state index contributed by atoms with van der Waals surface area (Å²) >= 11 is 2.18. The SMILES string of the molecule is CCOc1ccc(CC(=O)N/N=C/c2cc(I)c(OC)c(OCC)c2)cc1. The monoisotopic (exact) mass is 482 g/mol. The topological polar surface area (TPSA) is 69.2 Å². The van der Waals surface area contributed by atoms with Crippen molar-refractivity contribution in [3.8, 4) is 17.2 Å². The first kappa shape index (κ1) is 21.0. The van der Waals surface area contributed by atoms with E-state index in [0.717, 1.165) is 20.4 Å². The molecule has 0 aliphatic rings. The molecule has 0 fully saturated rings. The van der Waals surface area contributed by atoms with Crippen LogP contribution in [0.15, 0.2) is 41.5 Å². The van der Waals surface area contributed by atoms with Gasteiger partial charge in [-0.25, -0.2) is 5.43 Å². The van der Waals surface area contributed by atoms with Crippen molar-refractivity contribution in [2.45, 2.75) is 20.3 Å². The van der Waals surface area contributed by atoms with Crippen molar-refractivity contribution in [2.75, 3.05) is 20.3 Å². The van der Waals surface area contributed by atoms with Crippen LogP contribution in [0, 0.1) is 3.57 Å². The van der Waals surface area contributed by atoms with Crippen LogP contribution < -0.4 is 19.6 Å². The maximum atomic E-state index is 12.0. The van der Waals surface area contributed by atoms with Gasteiger partial charge in [0.2, 0.25) is 5.91 Å². The zero-order valence-electron chi connectivity index (χ0n) is 15.6. The van der Waals surface area contributed by atoms with Crippen LogP contribution in [-0.4, -0.2) is 32.4 Å². The molecule has 2 aromatic carbocycles. The van der Waals surface area contributed by atoms with Gasteiger partial charge in [0.1, 0.15) is 5.75 Å². The average molecular weight is 482 g/mol. The molecule has 6 nitrogen and oxygen atoms in total. The minimum Gasteiger partial charge on any atom is -0.494 e. The molecule has 0 aromatic heterocycles. The molecule has 0 spiro atoms. The minimum absolute atomic E-state index is 0.191. The summed E-state index contributed by atoms with van der Waals surface area (Å²) in [5.41, 5.74) is 4.25. The maximum Gasteiger partial charge on any atom is 0.244 e. The lowest BCUT2D eigenvalue weighted by molar-refractivity contribution is -0.120. The predicted molar refractivity (Wildman–Crippen MR) is 114 cm³/mol. The Hall–Kier alpha value is -2.29. The Morgan fingerprint density at radius 3 is 2.48 bits per heavy atom. The Bertz CT molecular complexity index is 791. The number of hydrogen-bond donors (Lipinski definition) is 1. The van der Waals surface area contributed by atoms with Crippen LogP contribution in [0.4, 0.5) is 0 Å². The lowest BCUT2D eigenvalue weighted by atomic mass is 10.1. The number of hydrogen-bond acceptors (Lipinski definition) is 5. The molecule has 0 aliphatic carbocycles. The molecule has 144 valence electrons. The molecule has 0 unspecified atom stereocenters. The van der Waals surface area contributed by atoms with Crippen molar-refractivity contribution < 1.29 is 19.0 Å². The van der Waals surface area contributed by atoms with Crippen LogP contribution in [0.3, 0.4) is 0 Å². The van der Waals surface area contributed by atoms with Crippen LogP contribution in [0.1, 0.15) is 25.0 Å². The zero-order valence-corrected chi connectivity index (χ0v) is 17.8. The normalized spacial score (nSPS) is 10.7. The van der Waals surface area contributed by atoms with Gasteiger partial charge in [0.15, 0.2) is 11.5 Å². The molecule has 1 amide bonds. The van der Waals surface area contributed by atoms with Crippen LogP contribution in [0.25, 0.3) is 0 Å². The fourth-order valence-electron chi connectivity index (χ4n) is 2.40. The highest BCUT2D eigenvalue weighted by Crippen LogP contribution is 2.33. The van der Waals surface area contributed by atoms with Gasteiger partial charge in [0.25, 0.3) is 0 Å². The van der Waals surface area contributed by atoms with Crippen molar-refractivity contribution in [1.29, 1.82) is 0 Å². The van der Waals surface area contributed by atoms with Gasteiger partial charge in [0, 0.05) is 0 Å². The molecule has 2 aromatic rings. The van der Waals surface area contributed by atoms with Crippen LogP contribution in [-0.2, 0) is 11.2 Å². The second-order valence-corrected chi connectivity index (χ2v) is 6.68. The summed E-state index contributed by atoms with van der Waals surface area (Å²) in [6.07, 6.45) is 1.83. The summed E-state index contributed by atoms with van der Waals surface area (Å²) in [6, 6.07) is 11.2. The Balaban J connectivity index is 1.97. The lowest BCUT2D eigenvalue weighted by Crippen LogP contribution is -2.19. The first-order chi connectivity index (χ1) is 13.1. The van der Waals surface area contributed by atoms with Gasteiger partial charge in [-0.2, -0.15) is 5.10 Å². The highest BCUT2D eigenvalue weighted by Gasteiger charge is 2.10. The van der Waals surface area contributed by atoms with Crippen molar-refractivity contribution in [3.05, 3.63) is 51.1 Å².